The first-order valence-electron chi connectivity index (χ1n) is 7.94. The topological polar surface area (TPSA) is 64.3 Å². The van der Waals surface area contributed by atoms with Gasteiger partial charge >= 0.3 is 0 Å². The van der Waals surface area contributed by atoms with E-state index in [2.05, 4.69) is 26.0 Å². The summed E-state index contributed by atoms with van der Waals surface area (Å²) in [4.78, 5) is 29.1. The summed E-state index contributed by atoms with van der Waals surface area (Å²) in [5.74, 6) is -0.357. The van der Waals surface area contributed by atoms with Crippen molar-refractivity contribution in [1.82, 2.24) is 14.6 Å². The number of aromatic nitrogens is 3. The van der Waals surface area contributed by atoms with Crippen molar-refractivity contribution >= 4 is 38.3 Å². The fourth-order valence-corrected chi connectivity index (χ4v) is 3.73. The van der Waals surface area contributed by atoms with Crippen LogP contribution in [0, 0.1) is 5.82 Å². The molecule has 27 heavy (non-hydrogen) atoms. The molecule has 134 valence electrons. The summed E-state index contributed by atoms with van der Waals surface area (Å²) in [6.45, 7) is 0. The third-order valence-corrected chi connectivity index (χ3v) is 5.39. The van der Waals surface area contributed by atoms with Gasteiger partial charge in [0.05, 0.1) is 4.53 Å². The average Bonchev–Trinajstić information content (AvgIpc) is 2.94. The minimum atomic E-state index is -0.490. The van der Waals surface area contributed by atoms with Gasteiger partial charge in [0.2, 0.25) is 4.96 Å². The van der Waals surface area contributed by atoms with Crippen LogP contribution < -0.4 is 15.7 Å². The monoisotopic (exact) mass is 443 g/mol. The molecule has 0 aliphatic carbocycles. The molecule has 8 heteroatoms. The van der Waals surface area contributed by atoms with Crippen molar-refractivity contribution in [2.24, 2.45) is 0 Å². The Kier molecular flexibility index (Phi) is 4.67. The molecule has 4 aromatic rings. The largest absolute Gasteiger partial charge is 0.296 e. The van der Waals surface area contributed by atoms with Gasteiger partial charge in [0.25, 0.3) is 11.1 Å². The normalized spacial score (nSPS) is 12.0. The van der Waals surface area contributed by atoms with E-state index in [1.807, 2.05) is 24.3 Å². The van der Waals surface area contributed by atoms with E-state index in [0.29, 0.717) is 10.1 Å². The van der Waals surface area contributed by atoms with Crippen molar-refractivity contribution < 1.29 is 4.39 Å². The molecule has 0 saturated carbocycles. The molecule has 0 aliphatic heterocycles. The maximum atomic E-state index is 13.0. The van der Waals surface area contributed by atoms with Gasteiger partial charge < -0.3 is 0 Å². The zero-order chi connectivity index (χ0) is 19.0. The van der Waals surface area contributed by atoms with Gasteiger partial charge in [0.1, 0.15) is 11.5 Å². The second-order valence-corrected chi connectivity index (χ2v) is 7.75. The van der Waals surface area contributed by atoms with Gasteiger partial charge in [-0.2, -0.15) is 14.6 Å². The second kappa shape index (κ2) is 7.13. The van der Waals surface area contributed by atoms with E-state index < -0.39 is 5.56 Å². The first-order chi connectivity index (χ1) is 13.0. The van der Waals surface area contributed by atoms with E-state index in [1.165, 1.54) is 12.1 Å². The minimum Gasteiger partial charge on any atom is -0.266 e. The van der Waals surface area contributed by atoms with Crippen LogP contribution in [0.1, 0.15) is 16.8 Å². The van der Waals surface area contributed by atoms with Gasteiger partial charge in [-0.25, -0.2) is 4.39 Å². The van der Waals surface area contributed by atoms with Crippen LogP contribution in [-0.4, -0.2) is 14.6 Å². The van der Waals surface area contributed by atoms with E-state index >= 15 is 0 Å². The lowest BCUT2D eigenvalue weighted by Crippen LogP contribution is -2.28. The predicted octanol–water partition coefficient (Wildman–Crippen LogP) is 2.55. The molecule has 0 unspecified atom stereocenters. The Labute approximate surface area is 164 Å². The third kappa shape index (κ3) is 3.72. The Bertz CT molecular complexity index is 1300. The SMILES string of the molecule is O=c1nc2sc(=Cc3ccc(Br)cc3)c(=O)n2nc1Cc1ccc(F)cc1. The van der Waals surface area contributed by atoms with Crippen LogP contribution in [0.3, 0.4) is 0 Å². The Morgan fingerprint density at radius 3 is 2.48 bits per heavy atom. The van der Waals surface area contributed by atoms with Gasteiger partial charge in [0.15, 0.2) is 0 Å². The van der Waals surface area contributed by atoms with E-state index in [0.717, 1.165) is 25.9 Å². The summed E-state index contributed by atoms with van der Waals surface area (Å²) in [6, 6.07) is 13.3. The number of thiazole rings is 1. The van der Waals surface area contributed by atoms with Gasteiger partial charge in [-0.05, 0) is 41.5 Å². The Hall–Kier alpha value is -2.71. The molecule has 2 aromatic heterocycles. The molecular formula is C19H11BrFN3O2S. The van der Waals surface area contributed by atoms with Crippen molar-refractivity contribution in [3.63, 3.8) is 0 Å². The van der Waals surface area contributed by atoms with Crippen LogP contribution in [-0.2, 0) is 6.42 Å². The highest BCUT2D eigenvalue weighted by Gasteiger charge is 2.11. The number of fused-ring (bicyclic) bond motifs is 1. The summed E-state index contributed by atoms with van der Waals surface area (Å²) in [6.07, 6.45) is 1.91. The standard InChI is InChI=1S/C19H11BrFN3O2S/c20-13-5-1-12(2-6-13)10-16-18(26)24-19(27-16)22-17(25)15(23-24)9-11-3-7-14(21)8-4-11/h1-8,10H,9H2. The molecule has 0 fully saturated rings. The van der Waals surface area contributed by atoms with Crippen LogP contribution in [0.4, 0.5) is 4.39 Å². The summed E-state index contributed by atoms with van der Waals surface area (Å²) < 4.78 is 15.6. The summed E-state index contributed by atoms with van der Waals surface area (Å²) in [5, 5.41) is 4.19. The molecule has 0 bridgehead atoms. The lowest BCUT2D eigenvalue weighted by atomic mass is 10.1. The van der Waals surface area contributed by atoms with Crippen molar-refractivity contribution in [2.75, 3.05) is 0 Å². The Morgan fingerprint density at radius 1 is 1.07 bits per heavy atom. The van der Waals surface area contributed by atoms with Crippen molar-refractivity contribution in [2.45, 2.75) is 6.42 Å². The highest BCUT2D eigenvalue weighted by molar-refractivity contribution is 9.10. The Balaban J connectivity index is 1.79. The summed E-state index contributed by atoms with van der Waals surface area (Å²) in [5.41, 5.74) is 0.897. The molecule has 0 N–H and O–H groups in total. The quantitative estimate of drug-likeness (QED) is 0.488. The third-order valence-electron chi connectivity index (χ3n) is 3.90. The maximum Gasteiger partial charge on any atom is 0.296 e. The first kappa shape index (κ1) is 17.7. The van der Waals surface area contributed by atoms with Crippen LogP contribution in [0.25, 0.3) is 11.0 Å². The molecule has 0 spiro atoms. The number of nitrogens with zero attached hydrogens (tertiary/aromatic N) is 3. The number of hydrogen-bond acceptors (Lipinski definition) is 5. The zero-order valence-corrected chi connectivity index (χ0v) is 16.1. The molecule has 5 nitrogen and oxygen atoms in total. The number of halogens is 2. The van der Waals surface area contributed by atoms with Gasteiger partial charge in [-0.1, -0.05) is 51.5 Å². The predicted molar refractivity (Wildman–Crippen MR) is 106 cm³/mol. The first-order valence-corrected chi connectivity index (χ1v) is 9.55. The van der Waals surface area contributed by atoms with E-state index in [4.69, 9.17) is 0 Å². The molecule has 2 aromatic carbocycles. The molecule has 2 heterocycles. The molecule has 4 rings (SSSR count). The highest BCUT2D eigenvalue weighted by Crippen LogP contribution is 2.11. The molecular weight excluding hydrogens is 433 g/mol. The van der Waals surface area contributed by atoms with Gasteiger partial charge in [-0.15, -0.1) is 0 Å². The van der Waals surface area contributed by atoms with Crippen LogP contribution in [0.5, 0.6) is 0 Å². The number of rotatable bonds is 3. The summed E-state index contributed by atoms with van der Waals surface area (Å²) >= 11 is 4.48. The summed E-state index contributed by atoms with van der Waals surface area (Å²) in [7, 11) is 0. The van der Waals surface area contributed by atoms with Crippen molar-refractivity contribution in [1.29, 1.82) is 0 Å². The van der Waals surface area contributed by atoms with Crippen molar-refractivity contribution in [3.8, 4) is 0 Å². The van der Waals surface area contributed by atoms with E-state index in [1.54, 1.807) is 18.2 Å². The van der Waals surface area contributed by atoms with Gasteiger partial charge in [0, 0.05) is 10.9 Å². The molecule has 0 radical (unpaired) electrons. The zero-order valence-electron chi connectivity index (χ0n) is 13.7. The average molecular weight is 444 g/mol. The number of hydrogen-bond donors (Lipinski definition) is 0. The molecule has 0 amide bonds. The van der Waals surface area contributed by atoms with Gasteiger partial charge in [-0.3, -0.25) is 9.59 Å². The minimum absolute atomic E-state index is 0.143. The number of benzene rings is 2. The van der Waals surface area contributed by atoms with Crippen LogP contribution >= 0.6 is 27.3 Å². The van der Waals surface area contributed by atoms with Crippen LogP contribution in [0.2, 0.25) is 0 Å². The van der Waals surface area contributed by atoms with Crippen LogP contribution in [0.15, 0.2) is 62.6 Å². The molecule has 0 saturated heterocycles. The smallest absolute Gasteiger partial charge is 0.266 e. The second-order valence-electron chi connectivity index (χ2n) is 5.83. The Morgan fingerprint density at radius 2 is 1.78 bits per heavy atom. The highest BCUT2D eigenvalue weighted by atomic mass is 79.9. The van der Waals surface area contributed by atoms with E-state index in [9.17, 15) is 14.0 Å². The molecule has 0 atom stereocenters. The fraction of sp³-hybridized carbons (Fsp3) is 0.0526. The lowest BCUT2D eigenvalue weighted by Gasteiger charge is -2.00. The molecule has 0 aliphatic rings. The maximum absolute atomic E-state index is 13.0. The fourth-order valence-electron chi connectivity index (χ4n) is 2.56. The van der Waals surface area contributed by atoms with E-state index in [-0.39, 0.29) is 28.5 Å². The lowest BCUT2D eigenvalue weighted by molar-refractivity contribution is 0.627. The van der Waals surface area contributed by atoms with Crippen molar-refractivity contribution in [3.05, 3.63) is 101 Å².